The topological polar surface area (TPSA) is 192 Å². The molecule has 1 aliphatic rings. The molecule has 4 rings (SSSR count). The maximum absolute atomic E-state index is 10.9. The van der Waals surface area contributed by atoms with Crippen molar-refractivity contribution in [1.29, 1.82) is 0 Å². The fraction of sp³-hybridized carbons (Fsp3) is 0.353. The molecule has 13 nitrogen and oxygen atoms in total. The number of nitrogens with one attached hydrogen (secondary N) is 1. The van der Waals surface area contributed by atoms with Gasteiger partial charge in [0.25, 0.3) is 0 Å². The molecular formula is C17H19BrN5O8P. The highest BCUT2D eigenvalue weighted by molar-refractivity contribution is 9.10. The molecule has 172 valence electrons. The maximum Gasteiger partial charge on any atom is 0.469 e. The van der Waals surface area contributed by atoms with Crippen LogP contribution in [0.25, 0.3) is 11.2 Å². The van der Waals surface area contributed by atoms with E-state index in [2.05, 4.69) is 40.7 Å². The number of aromatic hydroxyl groups is 1. The fourth-order valence-electron chi connectivity index (χ4n) is 3.30. The first-order valence-corrected chi connectivity index (χ1v) is 11.6. The zero-order valence-electron chi connectivity index (χ0n) is 16.2. The molecule has 0 saturated carbocycles. The molecule has 0 amide bonds. The third-order valence-electron chi connectivity index (χ3n) is 4.87. The summed E-state index contributed by atoms with van der Waals surface area (Å²) in [6, 6.07) is 5.10. The summed E-state index contributed by atoms with van der Waals surface area (Å²) in [7, 11) is -4.77. The number of aliphatic hydroxyl groups is 2. The Morgan fingerprint density at radius 3 is 2.72 bits per heavy atom. The first-order chi connectivity index (χ1) is 15.1. The summed E-state index contributed by atoms with van der Waals surface area (Å²) in [5.74, 6) is 0.466. The van der Waals surface area contributed by atoms with Crippen LogP contribution in [0.2, 0.25) is 0 Å². The summed E-state index contributed by atoms with van der Waals surface area (Å²) in [6.45, 7) is -0.370. The van der Waals surface area contributed by atoms with Crippen LogP contribution in [-0.2, 0) is 20.4 Å². The second-order valence-corrected chi connectivity index (χ2v) is 9.16. The van der Waals surface area contributed by atoms with Gasteiger partial charge in [0.2, 0.25) is 0 Å². The molecule has 0 radical (unpaired) electrons. The molecule has 0 unspecified atom stereocenters. The second-order valence-electron chi connectivity index (χ2n) is 7.01. The number of hydrogen-bond acceptors (Lipinski definition) is 10. The van der Waals surface area contributed by atoms with Gasteiger partial charge in [-0.05, 0) is 12.1 Å². The summed E-state index contributed by atoms with van der Waals surface area (Å²) in [5, 5.41) is 33.7. The standard InChI is InChI=1S/C17H19BrN5O8P/c18-9-2-1-8(10(24)3-9)4-19-15-12-16(21-6-20-15)23(7-22-12)17-14(26)13(25)11(31-17)5-30-32(27,28)29/h1-3,6-7,11,13-14,17,24-26H,4-5H2,(H,19,20,21)(H2,27,28,29)/t11-,13-,14-,17-/m1/s1. The highest BCUT2D eigenvalue weighted by atomic mass is 79.9. The van der Waals surface area contributed by atoms with E-state index in [-0.39, 0.29) is 17.9 Å². The first-order valence-electron chi connectivity index (χ1n) is 9.24. The summed E-state index contributed by atoms with van der Waals surface area (Å²) in [5.41, 5.74) is 1.27. The minimum atomic E-state index is -4.77. The fourth-order valence-corrected chi connectivity index (χ4v) is 3.99. The smallest absolute Gasteiger partial charge is 0.469 e. The van der Waals surface area contributed by atoms with Crippen LogP contribution in [0.15, 0.2) is 35.3 Å². The van der Waals surface area contributed by atoms with Crippen molar-refractivity contribution in [3.8, 4) is 5.75 Å². The van der Waals surface area contributed by atoms with E-state index in [1.54, 1.807) is 18.2 Å². The highest BCUT2D eigenvalue weighted by Gasteiger charge is 2.45. The zero-order valence-corrected chi connectivity index (χ0v) is 18.7. The van der Waals surface area contributed by atoms with Crippen LogP contribution in [0.5, 0.6) is 5.75 Å². The van der Waals surface area contributed by atoms with Gasteiger partial charge >= 0.3 is 7.82 Å². The van der Waals surface area contributed by atoms with Gasteiger partial charge in [-0.3, -0.25) is 9.09 Å². The largest absolute Gasteiger partial charge is 0.508 e. The van der Waals surface area contributed by atoms with Crippen LogP contribution in [-0.4, -0.2) is 69.5 Å². The lowest BCUT2D eigenvalue weighted by molar-refractivity contribution is -0.0504. The predicted molar refractivity (Wildman–Crippen MR) is 112 cm³/mol. The highest BCUT2D eigenvalue weighted by Crippen LogP contribution is 2.39. The summed E-state index contributed by atoms with van der Waals surface area (Å²) < 4.78 is 23.0. The molecule has 0 aliphatic carbocycles. The molecule has 1 aliphatic heterocycles. The van der Waals surface area contributed by atoms with E-state index in [0.717, 1.165) is 4.47 Å². The van der Waals surface area contributed by atoms with Gasteiger partial charge < -0.3 is 35.2 Å². The number of aliphatic hydroxyl groups excluding tert-OH is 2. The SMILES string of the molecule is O=P(O)(O)OC[C@H]1O[C@@H](n2cnc3c(NCc4ccc(Br)cc4O)ncnc32)[C@H](O)[C@@H]1O. The summed E-state index contributed by atoms with van der Waals surface area (Å²) >= 11 is 3.28. The molecule has 3 heterocycles. The molecule has 4 atom stereocenters. The van der Waals surface area contributed by atoms with E-state index in [4.69, 9.17) is 14.5 Å². The van der Waals surface area contributed by atoms with Crippen LogP contribution < -0.4 is 5.32 Å². The third kappa shape index (κ3) is 4.77. The molecular weight excluding hydrogens is 513 g/mol. The van der Waals surface area contributed by atoms with Crippen molar-refractivity contribution in [2.45, 2.75) is 31.1 Å². The Balaban J connectivity index is 1.54. The van der Waals surface area contributed by atoms with Gasteiger partial charge in [-0.15, -0.1) is 0 Å². The number of phenols is 1. The van der Waals surface area contributed by atoms with Crippen molar-refractivity contribution in [2.24, 2.45) is 0 Å². The number of anilines is 1. The van der Waals surface area contributed by atoms with Crippen molar-refractivity contribution in [3.63, 3.8) is 0 Å². The van der Waals surface area contributed by atoms with Gasteiger partial charge in [0, 0.05) is 16.6 Å². The Labute approximate surface area is 189 Å². The van der Waals surface area contributed by atoms with Crippen molar-refractivity contribution in [1.82, 2.24) is 19.5 Å². The van der Waals surface area contributed by atoms with Crippen LogP contribution in [0.3, 0.4) is 0 Å². The average Bonchev–Trinajstić information content (AvgIpc) is 3.27. The van der Waals surface area contributed by atoms with E-state index >= 15 is 0 Å². The van der Waals surface area contributed by atoms with Crippen LogP contribution in [0.1, 0.15) is 11.8 Å². The molecule has 1 saturated heterocycles. The van der Waals surface area contributed by atoms with Crippen molar-refractivity contribution in [2.75, 3.05) is 11.9 Å². The maximum atomic E-state index is 10.9. The predicted octanol–water partition coefficient (Wildman–Crippen LogP) is 0.635. The van der Waals surface area contributed by atoms with E-state index in [0.29, 0.717) is 16.9 Å². The lowest BCUT2D eigenvalue weighted by atomic mass is 10.1. The number of fused-ring (bicyclic) bond motifs is 1. The van der Waals surface area contributed by atoms with E-state index < -0.39 is 39.0 Å². The van der Waals surface area contributed by atoms with Gasteiger partial charge in [0.1, 0.15) is 30.4 Å². The number of phenolic OH excluding ortho intramolecular Hbond substituents is 1. The number of nitrogens with zero attached hydrogens (tertiary/aromatic N) is 4. The van der Waals surface area contributed by atoms with E-state index in [9.17, 15) is 19.9 Å². The Hall–Kier alpha value is -2.16. The molecule has 1 fully saturated rings. The molecule has 15 heteroatoms. The monoisotopic (exact) mass is 531 g/mol. The van der Waals surface area contributed by atoms with E-state index in [1.165, 1.54) is 17.2 Å². The summed E-state index contributed by atoms with van der Waals surface area (Å²) in [6.07, 6.45) is -2.57. The number of rotatable bonds is 7. The van der Waals surface area contributed by atoms with Crippen LogP contribution in [0.4, 0.5) is 5.82 Å². The third-order valence-corrected chi connectivity index (χ3v) is 5.85. The quantitative estimate of drug-likeness (QED) is 0.233. The van der Waals surface area contributed by atoms with Gasteiger partial charge in [-0.2, -0.15) is 0 Å². The lowest BCUT2D eigenvalue weighted by Crippen LogP contribution is -2.33. The number of halogens is 1. The number of hydrogen-bond donors (Lipinski definition) is 6. The van der Waals surface area contributed by atoms with Gasteiger partial charge in [-0.25, -0.2) is 19.5 Å². The minimum Gasteiger partial charge on any atom is -0.508 e. The Morgan fingerprint density at radius 2 is 2.00 bits per heavy atom. The first kappa shape index (κ1) is 23.0. The number of aromatic nitrogens is 4. The van der Waals surface area contributed by atoms with Gasteiger partial charge in [-0.1, -0.05) is 22.0 Å². The van der Waals surface area contributed by atoms with Gasteiger partial charge in [0.15, 0.2) is 23.2 Å². The van der Waals surface area contributed by atoms with Crippen molar-refractivity contribution < 1.29 is 38.9 Å². The number of phosphoric ester groups is 1. The number of imidazole rings is 1. The normalized spacial score (nSPS) is 23.7. The number of benzene rings is 1. The molecule has 1 aromatic carbocycles. The van der Waals surface area contributed by atoms with Crippen LogP contribution >= 0.6 is 23.8 Å². The summed E-state index contributed by atoms with van der Waals surface area (Å²) in [4.78, 5) is 30.3. The van der Waals surface area contributed by atoms with Gasteiger partial charge in [0.05, 0.1) is 12.9 Å². The molecule has 32 heavy (non-hydrogen) atoms. The molecule has 6 N–H and O–H groups in total. The number of ether oxygens (including phenoxy) is 1. The molecule has 3 aromatic rings. The molecule has 2 aromatic heterocycles. The zero-order chi connectivity index (χ0) is 23.0. The minimum absolute atomic E-state index is 0.0998. The molecule has 0 bridgehead atoms. The number of phosphoric acid groups is 1. The second kappa shape index (κ2) is 9.00. The molecule has 0 spiro atoms. The van der Waals surface area contributed by atoms with Crippen molar-refractivity contribution >= 4 is 40.7 Å². The Morgan fingerprint density at radius 1 is 1.22 bits per heavy atom. The van der Waals surface area contributed by atoms with Crippen molar-refractivity contribution in [3.05, 3.63) is 40.9 Å². The Kier molecular flexibility index (Phi) is 6.47. The van der Waals surface area contributed by atoms with Crippen LogP contribution in [0, 0.1) is 0 Å². The van der Waals surface area contributed by atoms with E-state index in [1.807, 2.05) is 0 Å². The lowest BCUT2D eigenvalue weighted by Gasteiger charge is -2.16. The Bertz CT molecular complexity index is 1170. The average molecular weight is 532 g/mol.